The van der Waals surface area contributed by atoms with Gasteiger partial charge >= 0.3 is 0 Å². The average Bonchev–Trinajstić information content (AvgIpc) is 3.07. The number of rotatable bonds is 6. The van der Waals surface area contributed by atoms with Gasteiger partial charge in [-0.15, -0.1) is 0 Å². The first-order valence-corrected chi connectivity index (χ1v) is 7.58. The van der Waals surface area contributed by atoms with E-state index in [1.807, 2.05) is 29.0 Å². The molecule has 0 aliphatic rings. The number of aryl methyl sites for hydroxylation is 2. The Kier molecular flexibility index (Phi) is 4.66. The Morgan fingerprint density at radius 2 is 1.59 bits per heavy atom. The molecule has 2 aromatic carbocycles. The lowest BCUT2D eigenvalue weighted by molar-refractivity contribution is 0.156. The van der Waals surface area contributed by atoms with Gasteiger partial charge in [-0.3, -0.25) is 0 Å². The van der Waals surface area contributed by atoms with Crippen molar-refractivity contribution in [3.8, 4) is 0 Å². The standard InChI is InChI=1S/C19H20N2O/c22-19(14-21-13-12-20-15-21)18-10-8-17(9-11-18)7-6-16-4-2-1-3-5-16/h1-5,8-13,15,19,22H,6-7,14H2/t19-/m0/s1. The molecule has 0 aliphatic heterocycles. The molecule has 3 aromatic rings. The van der Waals surface area contributed by atoms with Crippen molar-refractivity contribution in [3.05, 3.63) is 90.0 Å². The number of hydrogen-bond donors (Lipinski definition) is 1. The highest BCUT2D eigenvalue weighted by Gasteiger charge is 2.08. The zero-order valence-electron chi connectivity index (χ0n) is 12.5. The van der Waals surface area contributed by atoms with E-state index < -0.39 is 6.10 Å². The summed E-state index contributed by atoms with van der Waals surface area (Å²) in [5.41, 5.74) is 3.59. The molecule has 0 unspecified atom stereocenters. The number of aliphatic hydroxyl groups excluding tert-OH is 1. The summed E-state index contributed by atoms with van der Waals surface area (Å²) in [5, 5.41) is 10.2. The van der Waals surface area contributed by atoms with Gasteiger partial charge in [-0.1, -0.05) is 54.6 Å². The Balaban J connectivity index is 1.58. The van der Waals surface area contributed by atoms with Gasteiger partial charge in [0.25, 0.3) is 0 Å². The van der Waals surface area contributed by atoms with Crippen LogP contribution in [-0.4, -0.2) is 14.7 Å². The molecule has 0 saturated carbocycles. The summed E-state index contributed by atoms with van der Waals surface area (Å²) < 4.78 is 1.88. The number of aliphatic hydroxyl groups is 1. The van der Waals surface area contributed by atoms with Crippen molar-refractivity contribution < 1.29 is 5.11 Å². The third kappa shape index (κ3) is 3.83. The van der Waals surface area contributed by atoms with E-state index in [9.17, 15) is 5.11 Å². The first-order chi connectivity index (χ1) is 10.8. The molecule has 1 heterocycles. The van der Waals surface area contributed by atoms with E-state index in [2.05, 4.69) is 41.4 Å². The summed E-state index contributed by atoms with van der Waals surface area (Å²) >= 11 is 0. The molecule has 1 atom stereocenters. The number of imidazole rings is 1. The first-order valence-electron chi connectivity index (χ1n) is 7.58. The molecule has 3 rings (SSSR count). The number of benzene rings is 2. The van der Waals surface area contributed by atoms with Crippen LogP contribution in [0.2, 0.25) is 0 Å². The molecule has 0 aliphatic carbocycles. The Morgan fingerprint density at radius 3 is 2.23 bits per heavy atom. The lowest BCUT2D eigenvalue weighted by Gasteiger charge is -2.12. The predicted octanol–water partition coefficient (Wildman–Crippen LogP) is 3.40. The molecule has 0 saturated heterocycles. The van der Waals surface area contributed by atoms with E-state index >= 15 is 0 Å². The maximum atomic E-state index is 10.2. The Labute approximate surface area is 130 Å². The number of nitrogens with zero attached hydrogens (tertiary/aromatic N) is 2. The highest BCUT2D eigenvalue weighted by molar-refractivity contribution is 5.25. The van der Waals surface area contributed by atoms with Crippen molar-refractivity contribution in [3.63, 3.8) is 0 Å². The highest BCUT2D eigenvalue weighted by atomic mass is 16.3. The van der Waals surface area contributed by atoms with Gasteiger partial charge in [-0.05, 0) is 29.5 Å². The summed E-state index contributed by atoms with van der Waals surface area (Å²) in [5.74, 6) is 0. The summed E-state index contributed by atoms with van der Waals surface area (Å²) in [6, 6.07) is 18.7. The zero-order valence-corrected chi connectivity index (χ0v) is 12.5. The van der Waals surface area contributed by atoms with Crippen molar-refractivity contribution >= 4 is 0 Å². The van der Waals surface area contributed by atoms with Crippen LogP contribution in [0.1, 0.15) is 22.8 Å². The van der Waals surface area contributed by atoms with Crippen LogP contribution >= 0.6 is 0 Å². The predicted molar refractivity (Wildman–Crippen MR) is 87.5 cm³/mol. The third-order valence-electron chi connectivity index (χ3n) is 3.85. The molecule has 1 N–H and O–H groups in total. The lowest BCUT2D eigenvalue weighted by Crippen LogP contribution is -2.07. The molecule has 22 heavy (non-hydrogen) atoms. The van der Waals surface area contributed by atoms with Gasteiger partial charge in [0.1, 0.15) is 0 Å². The van der Waals surface area contributed by atoms with Crippen LogP contribution in [0.4, 0.5) is 0 Å². The molecule has 112 valence electrons. The summed E-state index contributed by atoms with van der Waals surface area (Å²) in [6.07, 6.45) is 6.85. The fraction of sp³-hybridized carbons (Fsp3) is 0.211. The molecule has 0 spiro atoms. The molecular formula is C19H20N2O. The van der Waals surface area contributed by atoms with E-state index in [0.29, 0.717) is 6.54 Å². The number of hydrogen-bond acceptors (Lipinski definition) is 2. The van der Waals surface area contributed by atoms with Crippen molar-refractivity contribution in [2.75, 3.05) is 0 Å². The van der Waals surface area contributed by atoms with Crippen molar-refractivity contribution in [1.29, 1.82) is 0 Å². The Hall–Kier alpha value is -2.39. The molecule has 1 aromatic heterocycles. The third-order valence-corrected chi connectivity index (χ3v) is 3.85. The fourth-order valence-corrected chi connectivity index (χ4v) is 2.54. The van der Waals surface area contributed by atoms with Gasteiger partial charge in [0, 0.05) is 12.4 Å². The highest BCUT2D eigenvalue weighted by Crippen LogP contribution is 2.17. The maximum absolute atomic E-state index is 10.2. The van der Waals surface area contributed by atoms with Gasteiger partial charge in [0.05, 0.1) is 19.0 Å². The zero-order chi connectivity index (χ0) is 15.2. The van der Waals surface area contributed by atoms with Crippen molar-refractivity contribution in [2.45, 2.75) is 25.5 Å². The molecule has 0 radical (unpaired) electrons. The SMILES string of the molecule is O[C@@H](Cn1ccnc1)c1ccc(CCc2ccccc2)cc1. The minimum atomic E-state index is -0.502. The van der Waals surface area contributed by atoms with E-state index in [1.165, 1.54) is 11.1 Å². The second-order valence-electron chi connectivity index (χ2n) is 5.50. The molecule has 0 amide bonds. The first kappa shape index (κ1) is 14.5. The van der Waals surface area contributed by atoms with Gasteiger partial charge in [0.15, 0.2) is 0 Å². The van der Waals surface area contributed by atoms with E-state index in [0.717, 1.165) is 18.4 Å². The van der Waals surface area contributed by atoms with Crippen LogP contribution < -0.4 is 0 Å². The lowest BCUT2D eigenvalue weighted by atomic mass is 10.0. The Bertz CT molecular complexity index is 675. The summed E-state index contributed by atoms with van der Waals surface area (Å²) in [6.45, 7) is 0.531. The molecule has 3 heteroatoms. The van der Waals surface area contributed by atoms with Gasteiger partial charge in [-0.2, -0.15) is 0 Å². The average molecular weight is 292 g/mol. The van der Waals surface area contributed by atoms with Crippen LogP contribution in [0, 0.1) is 0 Å². The monoisotopic (exact) mass is 292 g/mol. The molecular weight excluding hydrogens is 272 g/mol. The van der Waals surface area contributed by atoms with E-state index in [4.69, 9.17) is 0 Å². The molecule has 0 bridgehead atoms. The van der Waals surface area contributed by atoms with Crippen LogP contribution in [0.3, 0.4) is 0 Å². The van der Waals surface area contributed by atoms with E-state index in [1.54, 1.807) is 12.5 Å². The van der Waals surface area contributed by atoms with Crippen LogP contribution in [-0.2, 0) is 19.4 Å². The van der Waals surface area contributed by atoms with Gasteiger partial charge in [0.2, 0.25) is 0 Å². The van der Waals surface area contributed by atoms with Crippen LogP contribution in [0.15, 0.2) is 73.3 Å². The minimum Gasteiger partial charge on any atom is -0.387 e. The van der Waals surface area contributed by atoms with Crippen molar-refractivity contribution in [1.82, 2.24) is 9.55 Å². The van der Waals surface area contributed by atoms with Crippen LogP contribution in [0.25, 0.3) is 0 Å². The smallest absolute Gasteiger partial charge is 0.0969 e. The molecule has 3 nitrogen and oxygen atoms in total. The largest absolute Gasteiger partial charge is 0.387 e. The normalized spacial score (nSPS) is 12.2. The number of aromatic nitrogens is 2. The summed E-state index contributed by atoms with van der Waals surface area (Å²) in [7, 11) is 0. The van der Waals surface area contributed by atoms with Gasteiger partial charge < -0.3 is 9.67 Å². The van der Waals surface area contributed by atoms with Crippen molar-refractivity contribution in [2.24, 2.45) is 0 Å². The second-order valence-corrected chi connectivity index (χ2v) is 5.50. The molecule has 0 fully saturated rings. The quantitative estimate of drug-likeness (QED) is 0.756. The fourth-order valence-electron chi connectivity index (χ4n) is 2.54. The maximum Gasteiger partial charge on any atom is 0.0969 e. The van der Waals surface area contributed by atoms with E-state index in [-0.39, 0.29) is 0 Å². The minimum absolute atomic E-state index is 0.502. The summed E-state index contributed by atoms with van der Waals surface area (Å²) in [4.78, 5) is 3.99. The second kappa shape index (κ2) is 7.05. The Morgan fingerprint density at radius 1 is 0.909 bits per heavy atom. The van der Waals surface area contributed by atoms with Gasteiger partial charge in [-0.25, -0.2) is 4.98 Å². The topological polar surface area (TPSA) is 38.0 Å². The van der Waals surface area contributed by atoms with Crippen LogP contribution in [0.5, 0.6) is 0 Å².